The number of ether oxygens (including phenoxy) is 2. The summed E-state index contributed by atoms with van der Waals surface area (Å²) in [6, 6.07) is 2.30. The quantitative estimate of drug-likeness (QED) is 0.236. The van der Waals surface area contributed by atoms with Crippen molar-refractivity contribution < 1.29 is 57.8 Å². The number of hydrogen-bond donors (Lipinski definition) is 0. The average molecular weight is 612 g/mol. The van der Waals surface area contributed by atoms with E-state index in [0.717, 1.165) is 37.8 Å². The Hall–Kier alpha value is -3.51. The molecule has 1 fully saturated rings. The number of halogens is 11. The van der Waals surface area contributed by atoms with Gasteiger partial charge in [0.1, 0.15) is 34.6 Å². The molecular formula is C29H23F11O2. The van der Waals surface area contributed by atoms with Crippen LogP contribution in [0.15, 0.2) is 36.4 Å². The summed E-state index contributed by atoms with van der Waals surface area (Å²) in [5.41, 5.74) is -3.32. The van der Waals surface area contributed by atoms with Gasteiger partial charge in [0.15, 0.2) is 11.6 Å². The lowest BCUT2D eigenvalue weighted by Gasteiger charge is -2.29. The van der Waals surface area contributed by atoms with E-state index >= 15 is 8.78 Å². The Morgan fingerprint density at radius 3 is 1.67 bits per heavy atom. The van der Waals surface area contributed by atoms with Gasteiger partial charge in [-0.15, -0.1) is 13.2 Å². The lowest BCUT2D eigenvalue weighted by atomic mass is 9.77. The van der Waals surface area contributed by atoms with Gasteiger partial charge in [-0.25, -0.2) is 26.3 Å². The first kappa shape index (κ1) is 31.4. The normalized spacial score (nSPS) is 17.8. The molecule has 0 N–H and O–H groups in total. The Bertz CT molecular complexity index is 1370. The predicted molar refractivity (Wildman–Crippen MR) is 129 cm³/mol. The van der Waals surface area contributed by atoms with E-state index in [-0.39, 0.29) is 30.2 Å². The molecule has 0 saturated heterocycles. The summed E-state index contributed by atoms with van der Waals surface area (Å²) < 4.78 is 161. The summed E-state index contributed by atoms with van der Waals surface area (Å²) >= 11 is 0. The van der Waals surface area contributed by atoms with Crippen molar-refractivity contribution in [2.45, 2.75) is 63.8 Å². The zero-order valence-corrected chi connectivity index (χ0v) is 21.8. The first-order valence-electron chi connectivity index (χ1n) is 12.9. The molecule has 0 unspecified atom stereocenters. The van der Waals surface area contributed by atoms with Crippen molar-refractivity contribution in [3.63, 3.8) is 0 Å². The number of rotatable bonds is 8. The fourth-order valence-corrected chi connectivity index (χ4v) is 5.30. The molecule has 0 radical (unpaired) electrons. The monoisotopic (exact) mass is 612 g/mol. The van der Waals surface area contributed by atoms with Gasteiger partial charge in [-0.2, -0.15) is 8.78 Å². The molecule has 228 valence electrons. The van der Waals surface area contributed by atoms with E-state index in [9.17, 15) is 39.5 Å². The van der Waals surface area contributed by atoms with Gasteiger partial charge in [-0.3, -0.25) is 0 Å². The molecule has 1 aliphatic carbocycles. The van der Waals surface area contributed by atoms with E-state index in [1.807, 2.05) is 0 Å². The highest BCUT2D eigenvalue weighted by molar-refractivity contribution is 5.66. The van der Waals surface area contributed by atoms with Crippen LogP contribution in [0.25, 0.3) is 11.1 Å². The van der Waals surface area contributed by atoms with Crippen molar-refractivity contribution in [1.29, 1.82) is 0 Å². The van der Waals surface area contributed by atoms with E-state index in [0.29, 0.717) is 24.3 Å². The molecule has 0 bridgehead atoms. The van der Waals surface area contributed by atoms with Gasteiger partial charge in [-0.1, -0.05) is 19.8 Å². The van der Waals surface area contributed by atoms with E-state index < -0.39 is 75.6 Å². The van der Waals surface area contributed by atoms with Crippen LogP contribution in [-0.2, 0) is 6.11 Å². The summed E-state index contributed by atoms with van der Waals surface area (Å²) in [5, 5.41) is 0. The Morgan fingerprint density at radius 2 is 1.19 bits per heavy atom. The molecule has 1 aliphatic rings. The third-order valence-corrected chi connectivity index (χ3v) is 7.14. The fourth-order valence-electron chi connectivity index (χ4n) is 5.30. The minimum Gasteiger partial charge on any atom is -0.429 e. The van der Waals surface area contributed by atoms with Crippen molar-refractivity contribution in [1.82, 2.24) is 0 Å². The van der Waals surface area contributed by atoms with Gasteiger partial charge in [0.2, 0.25) is 5.75 Å². The summed E-state index contributed by atoms with van der Waals surface area (Å²) in [5.74, 6) is -13.6. The van der Waals surface area contributed by atoms with Crippen LogP contribution in [0.5, 0.6) is 11.5 Å². The minimum atomic E-state index is -5.52. The van der Waals surface area contributed by atoms with Crippen LogP contribution in [0.4, 0.5) is 48.3 Å². The smallest absolute Gasteiger partial charge is 0.429 e. The third kappa shape index (κ3) is 6.92. The lowest BCUT2D eigenvalue weighted by Crippen LogP contribution is -2.25. The zero-order chi connectivity index (χ0) is 31.0. The van der Waals surface area contributed by atoms with E-state index in [1.54, 1.807) is 0 Å². The highest BCUT2D eigenvalue weighted by atomic mass is 19.4. The summed E-state index contributed by atoms with van der Waals surface area (Å²) in [6.45, 7) is 2.07. The Morgan fingerprint density at radius 1 is 0.667 bits per heavy atom. The van der Waals surface area contributed by atoms with Crippen molar-refractivity contribution in [3.05, 3.63) is 82.4 Å². The number of alkyl halides is 5. The lowest BCUT2D eigenvalue weighted by molar-refractivity contribution is -0.276. The highest BCUT2D eigenvalue weighted by Gasteiger charge is 2.42. The molecule has 3 aromatic rings. The van der Waals surface area contributed by atoms with Crippen LogP contribution in [0, 0.1) is 40.8 Å². The van der Waals surface area contributed by atoms with Crippen LogP contribution >= 0.6 is 0 Å². The summed E-state index contributed by atoms with van der Waals surface area (Å²) in [6.07, 6.45) is -5.20. The summed E-state index contributed by atoms with van der Waals surface area (Å²) in [4.78, 5) is 0. The molecule has 4 rings (SSSR count). The molecule has 0 amide bonds. The first-order chi connectivity index (χ1) is 19.6. The second-order valence-electron chi connectivity index (χ2n) is 10.1. The van der Waals surface area contributed by atoms with Gasteiger partial charge in [-0.05, 0) is 72.9 Å². The van der Waals surface area contributed by atoms with Crippen LogP contribution in [0.2, 0.25) is 0 Å². The maximum absolute atomic E-state index is 15.0. The van der Waals surface area contributed by atoms with E-state index in [1.165, 1.54) is 0 Å². The topological polar surface area (TPSA) is 18.5 Å². The second-order valence-corrected chi connectivity index (χ2v) is 10.1. The van der Waals surface area contributed by atoms with Gasteiger partial charge < -0.3 is 9.47 Å². The molecule has 0 heterocycles. The second kappa shape index (κ2) is 12.0. The summed E-state index contributed by atoms with van der Waals surface area (Å²) in [7, 11) is 0. The highest BCUT2D eigenvalue weighted by Crippen LogP contribution is 2.42. The Kier molecular flexibility index (Phi) is 8.98. The average Bonchev–Trinajstić information content (AvgIpc) is 2.85. The Balaban J connectivity index is 1.59. The molecule has 0 aromatic heterocycles. The number of hydrogen-bond acceptors (Lipinski definition) is 2. The minimum absolute atomic E-state index is 0.119. The van der Waals surface area contributed by atoms with E-state index in [2.05, 4.69) is 16.4 Å². The maximum atomic E-state index is 15.0. The van der Waals surface area contributed by atoms with E-state index in [4.69, 9.17) is 0 Å². The SMILES string of the molecule is CCCC1CCC(c2cc(F)c(-c3cc(F)c(C(F)(F)Oc4cc(F)c(OC(F)(F)F)c(F)c4)c(F)c3)c(F)c2)CC1. The molecule has 0 atom stereocenters. The van der Waals surface area contributed by atoms with Gasteiger partial charge in [0.05, 0.1) is 5.56 Å². The molecule has 0 aliphatic heterocycles. The van der Waals surface area contributed by atoms with Gasteiger partial charge in [0, 0.05) is 12.1 Å². The number of benzene rings is 3. The van der Waals surface area contributed by atoms with Crippen molar-refractivity contribution in [3.8, 4) is 22.6 Å². The molecule has 2 nitrogen and oxygen atoms in total. The van der Waals surface area contributed by atoms with Crippen molar-refractivity contribution >= 4 is 0 Å². The molecule has 1 saturated carbocycles. The van der Waals surface area contributed by atoms with Crippen LogP contribution < -0.4 is 9.47 Å². The van der Waals surface area contributed by atoms with Crippen LogP contribution in [0.1, 0.15) is 62.5 Å². The van der Waals surface area contributed by atoms with Crippen LogP contribution in [0.3, 0.4) is 0 Å². The van der Waals surface area contributed by atoms with Crippen molar-refractivity contribution in [2.24, 2.45) is 5.92 Å². The van der Waals surface area contributed by atoms with Crippen molar-refractivity contribution in [2.75, 3.05) is 0 Å². The van der Waals surface area contributed by atoms with Gasteiger partial charge >= 0.3 is 12.5 Å². The molecule has 0 spiro atoms. The van der Waals surface area contributed by atoms with Crippen LogP contribution in [-0.4, -0.2) is 6.36 Å². The zero-order valence-electron chi connectivity index (χ0n) is 21.8. The standard InChI is InChI=1S/C29H23F11O2/c1-2-3-14-4-6-15(7-5-14)16-8-19(30)25(20(31)9-16)17-10-21(32)26(22(33)11-17)28(36,37)41-18-12-23(34)27(24(35)13-18)42-29(38,39)40/h8-15H,2-7H2,1H3. The maximum Gasteiger partial charge on any atom is 0.573 e. The largest absolute Gasteiger partial charge is 0.573 e. The molecular weight excluding hydrogens is 589 g/mol. The van der Waals surface area contributed by atoms with Gasteiger partial charge in [0.25, 0.3) is 0 Å². The Labute approximate surface area is 233 Å². The molecule has 13 heteroatoms. The first-order valence-corrected chi connectivity index (χ1v) is 12.9. The molecule has 42 heavy (non-hydrogen) atoms. The third-order valence-electron chi connectivity index (χ3n) is 7.14. The predicted octanol–water partition coefficient (Wildman–Crippen LogP) is 10.3. The fraction of sp³-hybridized carbons (Fsp3) is 0.379. The molecule has 3 aromatic carbocycles.